The lowest BCUT2D eigenvalue weighted by Crippen LogP contribution is -1.92. The Bertz CT molecular complexity index is 755. The summed E-state index contributed by atoms with van der Waals surface area (Å²) in [6, 6.07) is 9.83. The number of fused-ring (bicyclic) bond motifs is 1. The number of hydrogen-bond donors (Lipinski definition) is 0. The summed E-state index contributed by atoms with van der Waals surface area (Å²) >= 11 is 3.09. The molecule has 4 rings (SSSR count). The summed E-state index contributed by atoms with van der Waals surface area (Å²) in [5.41, 5.74) is 1.13. The fourth-order valence-corrected chi connectivity index (χ4v) is 3.29. The van der Waals surface area contributed by atoms with Crippen LogP contribution in [0, 0.1) is 0 Å². The molecule has 2 aromatic heterocycles. The number of thiophene rings is 1. The van der Waals surface area contributed by atoms with E-state index in [-0.39, 0.29) is 0 Å². The molecule has 3 aromatic rings. The van der Waals surface area contributed by atoms with E-state index in [4.69, 9.17) is 13.9 Å². The van der Waals surface area contributed by atoms with Crippen molar-refractivity contribution >= 4 is 23.1 Å². The van der Waals surface area contributed by atoms with Gasteiger partial charge in [0, 0.05) is 5.75 Å². The molecular weight excluding hydrogens is 308 g/mol. The SMILES string of the molecule is c1csc(-c2nnc(SCc3ccc4c(c3)OCO4)o2)c1. The lowest BCUT2D eigenvalue weighted by molar-refractivity contribution is 0.174. The van der Waals surface area contributed by atoms with Crippen LogP contribution in [0.4, 0.5) is 0 Å². The highest BCUT2D eigenvalue weighted by Crippen LogP contribution is 2.34. The second kappa shape index (κ2) is 5.42. The van der Waals surface area contributed by atoms with Crippen LogP contribution in [0.25, 0.3) is 10.8 Å². The van der Waals surface area contributed by atoms with Crippen LogP contribution in [-0.4, -0.2) is 17.0 Å². The molecule has 1 aliphatic rings. The fraction of sp³-hybridized carbons (Fsp3) is 0.143. The third-order valence-corrected chi connectivity index (χ3v) is 4.69. The largest absolute Gasteiger partial charge is 0.454 e. The summed E-state index contributed by atoms with van der Waals surface area (Å²) in [7, 11) is 0. The highest BCUT2D eigenvalue weighted by Gasteiger charge is 2.14. The lowest BCUT2D eigenvalue weighted by atomic mass is 10.2. The first kappa shape index (κ1) is 12.7. The molecule has 1 aliphatic heterocycles. The smallest absolute Gasteiger partial charge is 0.277 e. The number of nitrogens with zero attached hydrogens (tertiary/aromatic N) is 2. The molecule has 0 N–H and O–H groups in total. The van der Waals surface area contributed by atoms with Crippen LogP contribution in [-0.2, 0) is 5.75 Å². The highest BCUT2D eigenvalue weighted by molar-refractivity contribution is 7.98. The maximum atomic E-state index is 5.64. The summed E-state index contributed by atoms with van der Waals surface area (Å²) in [6.45, 7) is 0.291. The van der Waals surface area contributed by atoms with E-state index in [1.807, 2.05) is 35.7 Å². The van der Waals surface area contributed by atoms with E-state index in [2.05, 4.69) is 10.2 Å². The summed E-state index contributed by atoms with van der Waals surface area (Å²) in [5.74, 6) is 2.89. The molecule has 0 saturated carbocycles. The molecule has 5 nitrogen and oxygen atoms in total. The summed E-state index contributed by atoms with van der Waals surface area (Å²) in [5, 5.41) is 10.7. The van der Waals surface area contributed by atoms with Gasteiger partial charge in [-0.2, -0.15) is 0 Å². The van der Waals surface area contributed by atoms with Crippen LogP contribution in [0.15, 0.2) is 45.4 Å². The van der Waals surface area contributed by atoms with Crippen molar-refractivity contribution in [3.8, 4) is 22.3 Å². The second-order valence-corrected chi connectivity index (χ2v) is 6.20. The standard InChI is InChI=1S/C14H10N2O3S2/c1-2-12(20-5-1)13-15-16-14(19-13)21-7-9-3-4-10-11(6-9)18-8-17-10/h1-6H,7-8H2. The zero-order valence-electron chi connectivity index (χ0n) is 10.8. The van der Waals surface area contributed by atoms with E-state index in [1.165, 1.54) is 11.8 Å². The van der Waals surface area contributed by atoms with Gasteiger partial charge in [-0.1, -0.05) is 23.9 Å². The molecule has 21 heavy (non-hydrogen) atoms. The molecule has 0 atom stereocenters. The second-order valence-electron chi connectivity index (χ2n) is 4.33. The van der Waals surface area contributed by atoms with Crippen molar-refractivity contribution in [2.45, 2.75) is 11.0 Å². The Morgan fingerprint density at radius 1 is 1.14 bits per heavy atom. The Kier molecular flexibility index (Phi) is 3.28. The minimum atomic E-state index is 0.291. The van der Waals surface area contributed by atoms with Crippen LogP contribution in [0.1, 0.15) is 5.56 Å². The molecule has 1 aromatic carbocycles. The number of ether oxygens (including phenoxy) is 2. The summed E-state index contributed by atoms with van der Waals surface area (Å²) < 4.78 is 16.3. The van der Waals surface area contributed by atoms with Crippen molar-refractivity contribution in [1.82, 2.24) is 10.2 Å². The van der Waals surface area contributed by atoms with E-state index < -0.39 is 0 Å². The Labute approximate surface area is 128 Å². The summed E-state index contributed by atoms with van der Waals surface area (Å²) in [6.07, 6.45) is 0. The van der Waals surface area contributed by atoms with Gasteiger partial charge in [0.15, 0.2) is 11.5 Å². The van der Waals surface area contributed by atoms with Crippen molar-refractivity contribution in [1.29, 1.82) is 0 Å². The minimum absolute atomic E-state index is 0.291. The lowest BCUT2D eigenvalue weighted by Gasteiger charge is -2.00. The predicted molar refractivity (Wildman–Crippen MR) is 79.7 cm³/mol. The number of rotatable bonds is 4. The van der Waals surface area contributed by atoms with Crippen LogP contribution in [0.2, 0.25) is 0 Å². The van der Waals surface area contributed by atoms with E-state index in [9.17, 15) is 0 Å². The molecule has 0 radical (unpaired) electrons. The van der Waals surface area contributed by atoms with E-state index in [1.54, 1.807) is 11.3 Å². The van der Waals surface area contributed by atoms with Crippen LogP contribution in [0.3, 0.4) is 0 Å². The third kappa shape index (κ3) is 2.62. The Morgan fingerprint density at radius 2 is 2.10 bits per heavy atom. The highest BCUT2D eigenvalue weighted by atomic mass is 32.2. The number of aromatic nitrogens is 2. The van der Waals surface area contributed by atoms with Crippen molar-refractivity contribution < 1.29 is 13.9 Å². The molecule has 106 valence electrons. The Hall–Kier alpha value is -1.99. The molecule has 3 heterocycles. The molecular formula is C14H10N2O3S2. The molecule has 0 fully saturated rings. The van der Waals surface area contributed by atoms with E-state index >= 15 is 0 Å². The Balaban J connectivity index is 1.45. The van der Waals surface area contributed by atoms with Gasteiger partial charge in [-0.15, -0.1) is 21.5 Å². The topological polar surface area (TPSA) is 57.4 Å². The van der Waals surface area contributed by atoms with E-state index in [0.29, 0.717) is 17.9 Å². The quantitative estimate of drug-likeness (QED) is 0.682. The van der Waals surface area contributed by atoms with Gasteiger partial charge in [-0.05, 0) is 29.1 Å². The number of thioether (sulfide) groups is 1. The zero-order chi connectivity index (χ0) is 14.1. The van der Waals surface area contributed by atoms with Gasteiger partial charge in [0.1, 0.15) is 0 Å². The molecule has 0 amide bonds. The normalized spacial score (nSPS) is 12.8. The maximum Gasteiger partial charge on any atom is 0.277 e. The average molecular weight is 318 g/mol. The monoisotopic (exact) mass is 318 g/mol. The first-order valence-corrected chi connectivity index (χ1v) is 8.14. The molecule has 0 unspecified atom stereocenters. The van der Waals surface area contributed by atoms with Gasteiger partial charge < -0.3 is 13.9 Å². The van der Waals surface area contributed by atoms with E-state index in [0.717, 1.165) is 27.7 Å². The van der Waals surface area contributed by atoms with Gasteiger partial charge in [0.05, 0.1) is 4.88 Å². The molecule has 7 heteroatoms. The van der Waals surface area contributed by atoms with Crippen LogP contribution >= 0.6 is 23.1 Å². The Morgan fingerprint density at radius 3 is 3.00 bits per heavy atom. The van der Waals surface area contributed by atoms with Crippen LogP contribution < -0.4 is 9.47 Å². The van der Waals surface area contributed by atoms with Crippen molar-refractivity contribution in [3.05, 3.63) is 41.3 Å². The fourth-order valence-electron chi connectivity index (χ4n) is 1.94. The van der Waals surface area contributed by atoms with Gasteiger partial charge in [-0.25, -0.2) is 0 Å². The van der Waals surface area contributed by atoms with Gasteiger partial charge in [0.2, 0.25) is 6.79 Å². The number of benzene rings is 1. The van der Waals surface area contributed by atoms with Crippen molar-refractivity contribution in [2.75, 3.05) is 6.79 Å². The van der Waals surface area contributed by atoms with Crippen LogP contribution in [0.5, 0.6) is 11.5 Å². The predicted octanol–water partition coefficient (Wildman–Crippen LogP) is 3.82. The van der Waals surface area contributed by atoms with Gasteiger partial charge >= 0.3 is 0 Å². The molecule has 0 spiro atoms. The first-order valence-electron chi connectivity index (χ1n) is 6.27. The molecule has 0 bridgehead atoms. The summed E-state index contributed by atoms with van der Waals surface area (Å²) in [4.78, 5) is 0.984. The van der Waals surface area contributed by atoms with Gasteiger partial charge in [0.25, 0.3) is 11.1 Å². The zero-order valence-corrected chi connectivity index (χ0v) is 12.4. The van der Waals surface area contributed by atoms with Crippen molar-refractivity contribution in [2.24, 2.45) is 0 Å². The maximum absolute atomic E-state index is 5.64. The minimum Gasteiger partial charge on any atom is -0.454 e. The number of hydrogen-bond acceptors (Lipinski definition) is 7. The average Bonchev–Trinajstić information content (AvgIpc) is 3.24. The molecule has 0 saturated heterocycles. The third-order valence-electron chi connectivity index (χ3n) is 2.94. The van der Waals surface area contributed by atoms with Gasteiger partial charge in [-0.3, -0.25) is 0 Å². The van der Waals surface area contributed by atoms with Crippen molar-refractivity contribution in [3.63, 3.8) is 0 Å². The molecule has 0 aliphatic carbocycles. The first-order chi connectivity index (χ1) is 10.4.